The van der Waals surface area contributed by atoms with Crippen molar-refractivity contribution in [3.8, 4) is 0 Å². The summed E-state index contributed by atoms with van der Waals surface area (Å²) in [6.07, 6.45) is -0.112. The molecular weight excluding hydrogens is 236 g/mol. The number of carbonyl (C=O) groups is 1. The van der Waals surface area contributed by atoms with Gasteiger partial charge in [-0.3, -0.25) is 0 Å². The topological polar surface area (TPSA) is 54.0 Å². The summed E-state index contributed by atoms with van der Waals surface area (Å²) in [6.45, 7) is 1.70. The minimum Gasteiger partial charge on any atom is -0.407 e. The maximum Gasteiger partial charge on any atom is 0.342 e. The molecule has 0 aromatic heterocycles. The van der Waals surface area contributed by atoms with Crippen LogP contribution in [-0.2, 0) is 18.9 Å². The predicted octanol–water partition coefficient (Wildman–Crippen LogP) is 1.50. The molecule has 1 aromatic rings. The molecule has 2 rings (SSSR count). The van der Waals surface area contributed by atoms with Gasteiger partial charge >= 0.3 is 12.4 Å². The van der Waals surface area contributed by atoms with Crippen molar-refractivity contribution < 1.29 is 23.7 Å². The molecule has 1 saturated heterocycles. The van der Waals surface area contributed by atoms with E-state index in [0.717, 1.165) is 5.56 Å². The smallest absolute Gasteiger partial charge is 0.342 e. The first-order valence-electron chi connectivity index (χ1n) is 5.72. The van der Waals surface area contributed by atoms with E-state index < -0.39 is 12.4 Å². The van der Waals surface area contributed by atoms with Gasteiger partial charge in [0.05, 0.1) is 18.8 Å². The number of esters is 1. The molecule has 5 nitrogen and oxygen atoms in total. The molecular formula is C13H16O5. The Morgan fingerprint density at radius 2 is 1.83 bits per heavy atom. The zero-order valence-corrected chi connectivity index (χ0v) is 10.4. The first-order valence-corrected chi connectivity index (χ1v) is 5.72. The molecule has 0 bridgehead atoms. The molecule has 1 heterocycles. The monoisotopic (exact) mass is 252 g/mol. The van der Waals surface area contributed by atoms with E-state index in [1.165, 1.54) is 0 Å². The van der Waals surface area contributed by atoms with Gasteiger partial charge in [0, 0.05) is 7.11 Å². The van der Waals surface area contributed by atoms with E-state index in [0.29, 0.717) is 18.8 Å². The van der Waals surface area contributed by atoms with E-state index >= 15 is 0 Å². The first kappa shape index (κ1) is 13.0. The van der Waals surface area contributed by atoms with Crippen LogP contribution in [0.2, 0.25) is 0 Å². The lowest BCUT2D eigenvalue weighted by Crippen LogP contribution is -2.39. The maximum atomic E-state index is 11.8. The fraction of sp³-hybridized carbons (Fsp3) is 0.462. The third-order valence-corrected chi connectivity index (χ3v) is 2.66. The maximum absolute atomic E-state index is 11.8. The molecule has 0 spiro atoms. The minimum absolute atomic E-state index is 0.112. The number of hydrogen-bond donors (Lipinski definition) is 0. The molecule has 0 aliphatic carbocycles. The molecule has 1 fully saturated rings. The lowest BCUT2D eigenvalue weighted by Gasteiger charge is -2.27. The number of rotatable bonds is 3. The van der Waals surface area contributed by atoms with Crippen molar-refractivity contribution in [2.45, 2.75) is 19.5 Å². The Hall–Kier alpha value is -1.43. The van der Waals surface area contributed by atoms with Gasteiger partial charge in [-0.15, -0.1) is 0 Å². The summed E-state index contributed by atoms with van der Waals surface area (Å²) in [5, 5.41) is 0. The van der Waals surface area contributed by atoms with Gasteiger partial charge in [-0.1, -0.05) is 17.7 Å². The van der Waals surface area contributed by atoms with Crippen LogP contribution in [0.3, 0.4) is 0 Å². The highest BCUT2D eigenvalue weighted by molar-refractivity contribution is 5.89. The second kappa shape index (κ2) is 5.95. The van der Waals surface area contributed by atoms with Crippen LogP contribution >= 0.6 is 0 Å². The fourth-order valence-electron chi connectivity index (χ4n) is 1.52. The molecule has 0 saturated carbocycles. The Morgan fingerprint density at radius 1 is 1.22 bits per heavy atom. The molecule has 1 aliphatic rings. The Kier molecular flexibility index (Phi) is 4.30. The second-order valence-electron chi connectivity index (χ2n) is 4.08. The molecule has 1 aromatic carbocycles. The van der Waals surface area contributed by atoms with Crippen molar-refractivity contribution in [2.24, 2.45) is 0 Å². The van der Waals surface area contributed by atoms with Crippen LogP contribution in [0, 0.1) is 6.92 Å². The summed E-state index contributed by atoms with van der Waals surface area (Å²) in [7, 11) is 1.58. The first-order chi connectivity index (χ1) is 8.69. The average molecular weight is 252 g/mol. The highest BCUT2D eigenvalue weighted by Crippen LogP contribution is 2.12. The molecule has 98 valence electrons. The van der Waals surface area contributed by atoms with Gasteiger partial charge in [-0.2, -0.15) is 0 Å². The van der Waals surface area contributed by atoms with Gasteiger partial charge in [0.1, 0.15) is 6.10 Å². The minimum atomic E-state index is -0.954. The van der Waals surface area contributed by atoms with Gasteiger partial charge in [0.15, 0.2) is 0 Å². The standard InChI is InChI=1S/C13H16O5/c1-9-3-5-10(6-4-9)12(14)18-13-16-7-11(15-2)8-17-13/h3-6,11,13H,7-8H2,1-2H3. The van der Waals surface area contributed by atoms with Crippen LogP contribution in [0.15, 0.2) is 24.3 Å². The molecule has 0 radical (unpaired) electrons. The van der Waals surface area contributed by atoms with Crippen LogP contribution in [0.1, 0.15) is 15.9 Å². The third kappa shape index (κ3) is 3.29. The SMILES string of the molecule is COC1COC(OC(=O)c2ccc(C)cc2)OC1. The van der Waals surface area contributed by atoms with Crippen molar-refractivity contribution in [3.05, 3.63) is 35.4 Å². The van der Waals surface area contributed by atoms with E-state index in [9.17, 15) is 4.79 Å². The summed E-state index contributed by atoms with van der Waals surface area (Å²) < 4.78 is 20.5. The van der Waals surface area contributed by atoms with E-state index in [1.807, 2.05) is 19.1 Å². The van der Waals surface area contributed by atoms with Crippen LogP contribution in [0.25, 0.3) is 0 Å². The summed E-state index contributed by atoms with van der Waals surface area (Å²) in [5.74, 6) is -0.462. The van der Waals surface area contributed by atoms with Crippen molar-refractivity contribution >= 4 is 5.97 Å². The van der Waals surface area contributed by atoms with Crippen molar-refractivity contribution in [1.82, 2.24) is 0 Å². The van der Waals surface area contributed by atoms with Crippen LogP contribution in [0.5, 0.6) is 0 Å². The Labute approximate surface area is 106 Å². The Morgan fingerprint density at radius 3 is 2.39 bits per heavy atom. The summed E-state index contributed by atoms with van der Waals surface area (Å²) in [4.78, 5) is 11.8. The quantitative estimate of drug-likeness (QED) is 0.763. The highest BCUT2D eigenvalue weighted by Gasteiger charge is 2.25. The van der Waals surface area contributed by atoms with Crippen molar-refractivity contribution in [3.63, 3.8) is 0 Å². The van der Waals surface area contributed by atoms with Gasteiger partial charge in [0.2, 0.25) is 0 Å². The van der Waals surface area contributed by atoms with Gasteiger partial charge < -0.3 is 18.9 Å². The highest BCUT2D eigenvalue weighted by atomic mass is 16.9. The summed E-state index contributed by atoms with van der Waals surface area (Å²) >= 11 is 0. The number of methoxy groups -OCH3 is 1. The number of benzene rings is 1. The average Bonchev–Trinajstić information content (AvgIpc) is 2.40. The van der Waals surface area contributed by atoms with Crippen molar-refractivity contribution in [2.75, 3.05) is 20.3 Å². The number of hydrogen-bond acceptors (Lipinski definition) is 5. The van der Waals surface area contributed by atoms with Gasteiger partial charge in [0.25, 0.3) is 0 Å². The number of aryl methyl sites for hydroxylation is 1. The normalized spacial score (nSPS) is 23.7. The number of ether oxygens (including phenoxy) is 4. The molecule has 0 N–H and O–H groups in total. The molecule has 0 unspecified atom stereocenters. The summed E-state index contributed by atoms with van der Waals surface area (Å²) in [6, 6.07) is 7.11. The molecule has 0 amide bonds. The molecule has 1 aliphatic heterocycles. The molecule has 0 atom stereocenters. The van der Waals surface area contributed by atoms with E-state index in [-0.39, 0.29) is 6.10 Å². The predicted molar refractivity (Wildman–Crippen MR) is 63.1 cm³/mol. The van der Waals surface area contributed by atoms with Crippen LogP contribution in [0.4, 0.5) is 0 Å². The van der Waals surface area contributed by atoms with Crippen LogP contribution < -0.4 is 0 Å². The zero-order valence-electron chi connectivity index (χ0n) is 10.4. The van der Waals surface area contributed by atoms with Gasteiger partial charge in [-0.05, 0) is 19.1 Å². The lowest BCUT2D eigenvalue weighted by atomic mass is 10.1. The fourth-order valence-corrected chi connectivity index (χ4v) is 1.52. The zero-order chi connectivity index (χ0) is 13.0. The third-order valence-electron chi connectivity index (χ3n) is 2.66. The van der Waals surface area contributed by atoms with E-state index in [4.69, 9.17) is 18.9 Å². The lowest BCUT2D eigenvalue weighted by molar-refractivity contribution is -0.308. The molecule has 18 heavy (non-hydrogen) atoms. The van der Waals surface area contributed by atoms with E-state index in [2.05, 4.69) is 0 Å². The molecule has 5 heteroatoms. The Bertz CT molecular complexity index is 392. The number of carbonyl (C=O) groups excluding carboxylic acids is 1. The van der Waals surface area contributed by atoms with Gasteiger partial charge in [-0.25, -0.2) is 4.79 Å². The largest absolute Gasteiger partial charge is 0.407 e. The second-order valence-corrected chi connectivity index (χ2v) is 4.08. The Balaban J connectivity index is 1.86. The summed E-state index contributed by atoms with van der Waals surface area (Å²) in [5.41, 5.74) is 1.56. The van der Waals surface area contributed by atoms with E-state index in [1.54, 1.807) is 19.2 Å². The van der Waals surface area contributed by atoms with Crippen molar-refractivity contribution in [1.29, 1.82) is 0 Å². The van der Waals surface area contributed by atoms with Crippen LogP contribution in [-0.4, -0.2) is 38.9 Å².